The summed E-state index contributed by atoms with van der Waals surface area (Å²) in [5, 5.41) is 14.2. The molecule has 2 aromatic rings. The zero-order valence-electron chi connectivity index (χ0n) is 15.4. The summed E-state index contributed by atoms with van der Waals surface area (Å²) in [6.45, 7) is 5.03. The Bertz CT molecular complexity index is 693. The molecule has 0 aliphatic carbocycles. The summed E-state index contributed by atoms with van der Waals surface area (Å²) in [6, 6.07) is 11.8. The molecule has 2 heterocycles. The van der Waals surface area contributed by atoms with Crippen LogP contribution < -0.4 is 15.5 Å². The second kappa shape index (κ2) is 9.17. The van der Waals surface area contributed by atoms with E-state index in [-0.39, 0.29) is 5.91 Å². The monoisotopic (exact) mass is 353 g/mol. The summed E-state index contributed by atoms with van der Waals surface area (Å²) < 4.78 is 0. The molecule has 0 atom stereocenters. The molecular formula is C20H27N5O. The van der Waals surface area contributed by atoms with Gasteiger partial charge in [-0.3, -0.25) is 4.79 Å². The summed E-state index contributed by atoms with van der Waals surface area (Å²) in [5.74, 6) is 0.448. The average molecular weight is 353 g/mol. The average Bonchev–Trinajstić information content (AvgIpc) is 2.70. The molecule has 0 unspecified atom stereocenters. The summed E-state index contributed by atoms with van der Waals surface area (Å²) in [5.41, 5.74) is 2.56. The van der Waals surface area contributed by atoms with Crippen LogP contribution >= 0.6 is 0 Å². The lowest BCUT2D eigenvalue weighted by Crippen LogP contribution is -2.29. The van der Waals surface area contributed by atoms with Crippen molar-refractivity contribution in [2.45, 2.75) is 39.0 Å². The van der Waals surface area contributed by atoms with Crippen molar-refractivity contribution in [1.82, 2.24) is 15.5 Å². The molecule has 6 heteroatoms. The summed E-state index contributed by atoms with van der Waals surface area (Å²) in [6.07, 6.45) is 5.89. The summed E-state index contributed by atoms with van der Waals surface area (Å²) in [7, 11) is 0. The zero-order valence-corrected chi connectivity index (χ0v) is 15.4. The van der Waals surface area contributed by atoms with E-state index in [2.05, 4.69) is 56.9 Å². The molecule has 26 heavy (non-hydrogen) atoms. The molecule has 0 bridgehead atoms. The lowest BCUT2D eigenvalue weighted by atomic mass is 10.1. The molecular weight excluding hydrogens is 326 g/mol. The Hall–Kier alpha value is -2.63. The number of piperidine rings is 1. The topological polar surface area (TPSA) is 70.2 Å². The smallest absolute Gasteiger partial charge is 0.271 e. The molecule has 1 fully saturated rings. The van der Waals surface area contributed by atoms with Gasteiger partial charge in [-0.25, -0.2) is 0 Å². The van der Waals surface area contributed by atoms with Gasteiger partial charge < -0.3 is 15.5 Å². The Balaban J connectivity index is 1.56. The molecule has 3 rings (SSSR count). The third-order valence-electron chi connectivity index (χ3n) is 4.57. The zero-order chi connectivity index (χ0) is 18.2. The summed E-state index contributed by atoms with van der Waals surface area (Å²) >= 11 is 0. The van der Waals surface area contributed by atoms with Gasteiger partial charge >= 0.3 is 0 Å². The van der Waals surface area contributed by atoms with Crippen LogP contribution in [-0.2, 0) is 0 Å². The van der Waals surface area contributed by atoms with Crippen molar-refractivity contribution >= 4 is 23.1 Å². The van der Waals surface area contributed by atoms with Crippen molar-refractivity contribution in [3.8, 4) is 0 Å². The molecule has 1 aliphatic heterocycles. The van der Waals surface area contributed by atoms with E-state index in [0.29, 0.717) is 18.1 Å². The van der Waals surface area contributed by atoms with Gasteiger partial charge in [-0.1, -0.05) is 13.3 Å². The third-order valence-corrected chi connectivity index (χ3v) is 4.57. The number of rotatable bonds is 7. The molecule has 1 amide bonds. The Morgan fingerprint density at radius 3 is 2.46 bits per heavy atom. The number of aromatic nitrogens is 2. The van der Waals surface area contributed by atoms with Gasteiger partial charge in [0.05, 0.1) is 0 Å². The molecule has 0 radical (unpaired) electrons. The molecule has 138 valence electrons. The number of amides is 1. The minimum Gasteiger partial charge on any atom is -0.372 e. The van der Waals surface area contributed by atoms with Crippen LogP contribution in [0.1, 0.15) is 49.5 Å². The Morgan fingerprint density at radius 2 is 1.81 bits per heavy atom. The highest BCUT2D eigenvalue weighted by Crippen LogP contribution is 2.23. The molecule has 0 saturated carbocycles. The number of benzene rings is 1. The quantitative estimate of drug-likeness (QED) is 0.742. The van der Waals surface area contributed by atoms with Gasteiger partial charge in [-0.2, -0.15) is 0 Å². The molecule has 0 spiro atoms. The van der Waals surface area contributed by atoms with Crippen molar-refractivity contribution < 1.29 is 4.79 Å². The maximum atomic E-state index is 11.9. The highest BCUT2D eigenvalue weighted by Gasteiger charge is 2.11. The molecule has 1 aromatic heterocycles. The highest BCUT2D eigenvalue weighted by molar-refractivity contribution is 5.92. The Morgan fingerprint density at radius 1 is 1.04 bits per heavy atom. The third kappa shape index (κ3) is 4.94. The minimum absolute atomic E-state index is 0.177. The van der Waals surface area contributed by atoms with Crippen LogP contribution in [0.2, 0.25) is 0 Å². The molecule has 1 saturated heterocycles. The summed E-state index contributed by atoms with van der Waals surface area (Å²) in [4.78, 5) is 14.4. The number of carbonyl (C=O) groups excluding carboxylic acids is 1. The van der Waals surface area contributed by atoms with Crippen molar-refractivity contribution in [2.75, 3.05) is 29.9 Å². The van der Waals surface area contributed by atoms with Crippen molar-refractivity contribution in [1.29, 1.82) is 0 Å². The number of nitrogens with one attached hydrogen (secondary N) is 2. The van der Waals surface area contributed by atoms with E-state index in [1.807, 2.05) is 0 Å². The molecule has 1 aliphatic rings. The van der Waals surface area contributed by atoms with Gasteiger partial charge in [0.15, 0.2) is 11.5 Å². The van der Waals surface area contributed by atoms with E-state index in [1.165, 1.54) is 24.9 Å². The van der Waals surface area contributed by atoms with Crippen LogP contribution in [-0.4, -0.2) is 35.7 Å². The Kier molecular flexibility index (Phi) is 6.41. The standard InChI is InChI=1S/C20H27N5O/c1-2-3-13-21-20(26)18-11-12-19(24-23-18)22-16-7-9-17(10-8-16)25-14-5-4-6-15-25/h7-12H,2-6,13-15H2,1H3,(H,21,26)(H,22,24). The van der Waals surface area contributed by atoms with Crippen LogP contribution in [0.5, 0.6) is 0 Å². The molecule has 6 nitrogen and oxygen atoms in total. The van der Waals surface area contributed by atoms with Gasteiger partial charge in [0, 0.05) is 31.0 Å². The molecule has 2 N–H and O–H groups in total. The highest BCUT2D eigenvalue weighted by atomic mass is 16.1. The number of carbonyl (C=O) groups is 1. The number of nitrogens with zero attached hydrogens (tertiary/aromatic N) is 3. The van der Waals surface area contributed by atoms with Gasteiger partial charge in [-0.15, -0.1) is 10.2 Å². The van der Waals surface area contributed by atoms with Gasteiger partial charge in [0.2, 0.25) is 0 Å². The number of unbranched alkanes of at least 4 members (excludes halogenated alkanes) is 1. The first-order chi connectivity index (χ1) is 12.8. The lowest BCUT2D eigenvalue weighted by molar-refractivity contribution is 0.0947. The second-order valence-electron chi connectivity index (χ2n) is 6.63. The van der Waals surface area contributed by atoms with Crippen molar-refractivity contribution in [3.63, 3.8) is 0 Å². The van der Waals surface area contributed by atoms with E-state index in [4.69, 9.17) is 0 Å². The maximum Gasteiger partial charge on any atom is 0.271 e. The predicted molar refractivity (Wildman–Crippen MR) is 105 cm³/mol. The van der Waals surface area contributed by atoms with Gasteiger partial charge in [0.1, 0.15) is 0 Å². The minimum atomic E-state index is -0.177. The SMILES string of the molecule is CCCCNC(=O)c1ccc(Nc2ccc(N3CCCCC3)cc2)nn1. The predicted octanol–water partition coefficient (Wildman–Crippen LogP) is 3.74. The second-order valence-corrected chi connectivity index (χ2v) is 6.63. The van der Waals surface area contributed by atoms with Crippen molar-refractivity contribution in [3.05, 3.63) is 42.1 Å². The maximum absolute atomic E-state index is 11.9. The van der Waals surface area contributed by atoms with E-state index in [0.717, 1.165) is 31.6 Å². The van der Waals surface area contributed by atoms with E-state index < -0.39 is 0 Å². The van der Waals surface area contributed by atoms with Crippen LogP contribution in [0.3, 0.4) is 0 Å². The van der Waals surface area contributed by atoms with Crippen LogP contribution in [0.15, 0.2) is 36.4 Å². The fourth-order valence-electron chi connectivity index (χ4n) is 3.04. The largest absolute Gasteiger partial charge is 0.372 e. The van der Waals surface area contributed by atoms with E-state index >= 15 is 0 Å². The van der Waals surface area contributed by atoms with Gasteiger partial charge in [-0.05, 0) is 62.1 Å². The van der Waals surface area contributed by atoms with Crippen molar-refractivity contribution in [2.24, 2.45) is 0 Å². The lowest BCUT2D eigenvalue weighted by Gasteiger charge is -2.28. The molecule has 1 aromatic carbocycles. The first kappa shape index (κ1) is 18.2. The van der Waals surface area contributed by atoms with Crippen LogP contribution in [0.25, 0.3) is 0 Å². The number of anilines is 3. The number of hydrogen-bond donors (Lipinski definition) is 2. The first-order valence-electron chi connectivity index (χ1n) is 9.50. The van der Waals surface area contributed by atoms with E-state index in [9.17, 15) is 4.79 Å². The van der Waals surface area contributed by atoms with E-state index in [1.54, 1.807) is 12.1 Å². The Labute approximate surface area is 155 Å². The normalized spacial score (nSPS) is 14.1. The van der Waals surface area contributed by atoms with Crippen LogP contribution in [0.4, 0.5) is 17.2 Å². The fourth-order valence-corrected chi connectivity index (χ4v) is 3.04. The van der Waals surface area contributed by atoms with Crippen LogP contribution in [0, 0.1) is 0 Å². The fraction of sp³-hybridized carbons (Fsp3) is 0.450. The van der Waals surface area contributed by atoms with Gasteiger partial charge in [0.25, 0.3) is 5.91 Å². The first-order valence-corrected chi connectivity index (χ1v) is 9.50. The number of hydrogen-bond acceptors (Lipinski definition) is 5.